The molecule has 1 aliphatic rings. The van der Waals surface area contributed by atoms with Crippen LogP contribution in [-0.4, -0.2) is 106 Å². The normalized spacial score (nSPS) is 18.4. The first-order valence-corrected chi connectivity index (χ1v) is 25.5. The van der Waals surface area contributed by atoms with Crippen molar-refractivity contribution in [2.24, 2.45) is 10.2 Å². The number of phosphoric acid groups is 3. The van der Waals surface area contributed by atoms with Crippen molar-refractivity contribution in [3.63, 3.8) is 0 Å². The van der Waals surface area contributed by atoms with E-state index in [1.165, 1.54) is 31.2 Å². The number of phosphoric ester groups is 1. The Morgan fingerprint density at radius 2 is 1.44 bits per heavy atom. The lowest BCUT2D eigenvalue weighted by atomic mass is 9.99. The van der Waals surface area contributed by atoms with E-state index in [4.69, 9.17) is 64.3 Å². The van der Waals surface area contributed by atoms with E-state index in [1.54, 1.807) is 25.1 Å². The van der Waals surface area contributed by atoms with Crippen LogP contribution in [0.4, 0.5) is 5.82 Å². The fourth-order valence-corrected chi connectivity index (χ4v) is 9.46. The van der Waals surface area contributed by atoms with Crippen molar-refractivity contribution in [2.45, 2.75) is 77.3 Å². The van der Waals surface area contributed by atoms with Gasteiger partial charge >= 0.3 is 41.1 Å². The number of esters is 2. The van der Waals surface area contributed by atoms with E-state index in [-0.39, 0.29) is 41.3 Å². The van der Waals surface area contributed by atoms with E-state index in [9.17, 15) is 37.9 Å². The fourth-order valence-electron chi connectivity index (χ4n) is 6.43. The van der Waals surface area contributed by atoms with Crippen LogP contribution in [0.15, 0.2) is 63.7 Å². The fraction of sp³-hybridized carbons (Fsp3) is 0.526. The number of azide groups is 2. The molecule has 1 aromatic heterocycles. The van der Waals surface area contributed by atoms with Crippen LogP contribution in [-0.2, 0) is 73.2 Å². The molecule has 0 radical (unpaired) electrons. The van der Waals surface area contributed by atoms with Crippen LogP contribution in [0.3, 0.4) is 0 Å². The third-order valence-corrected chi connectivity index (χ3v) is 13.4. The molecule has 0 aliphatic carbocycles. The molecule has 29 nitrogen and oxygen atoms in total. The molecule has 4 rings (SSSR count). The van der Waals surface area contributed by atoms with Gasteiger partial charge < -0.3 is 58.5 Å². The van der Waals surface area contributed by atoms with Crippen molar-refractivity contribution in [2.75, 3.05) is 58.6 Å². The summed E-state index contributed by atoms with van der Waals surface area (Å²) in [5.74, 6) is -2.28. The molecule has 0 amide bonds. The molecule has 1 fully saturated rings. The summed E-state index contributed by atoms with van der Waals surface area (Å²) in [7, 11) is -17.4. The molecule has 2 aromatic carbocycles. The quantitative estimate of drug-likeness (QED) is 0.0132. The molecule has 7 atom stereocenters. The molecule has 6 N–H and O–H groups in total. The zero-order chi connectivity index (χ0) is 51.5. The molecular formula is C38H52N9O20P3. The molecule has 2 heterocycles. The molecule has 0 saturated carbocycles. The maximum atomic E-state index is 13.6. The molecular weight excluding hydrogens is 995 g/mol. The van der Waals surface area contributed by atoms with Crippen molar-refractivity contribution in [1.29, 1.82) is 0 Å². The van der Waals surface area contributed by atoms with Gasteiger partial charge in [0.15, 0.2) is 0 Å². The highest BCUT2D eigenvalue weighted by Crippen LogP contribution is 2.66. The minimum atomic E-state index is -5.93. The van der Waals surface area contributed by atoms with Gasteiger partial charge in [0.05, 0.1) is 76.1 Å². The van der Waals surface area contributed by atoms with Gasteiger partial charge in [-0.05, 0) is 46.3 Å². The average Bonchev–Trinajstić information content (AvgIpc) is 3.68. The Morgan fingerprint density at radius 3 is 2.07 bits per heavy atom. The first-order valence-electron chi connectivity index (χ1n) is 21.0. The number of hydrogen-bond donors (Lipinski definition) is 5. The largest absolute Gasteiger partial charge is 0.490 e. The van der Waals surface area contributed by atoms with Crippen molar-refractivity contribution in [3.05, 3.63) is 113 Å². The van der Waals surface area contributed by atoms with Crippen LogP contribution >= 0.6 is 23.5 Å². The number of ether oxygens (including phenoxy) is 7. The molecule has 1 saturated heterocycles. The smallest absolute Gasteiger partial charge is 0.457 e. The minimum absolute atomic E-state index is 0.0185. The second-order valence-electron chi connectivity index (χ2n) is 14.8. The summed E-state index contributed by atoms with van der Waals surface area (Å²) < 4.78 is 88.0. The highest BCUT2D eigenvalue weighted by Gasteiger charge is 2.45. The second-order valence-corrected chi connectivity index (χ2v) is 19.2. The minimum Gasteiger partial charge on any atom is -0.457 e. The number of benzene rings is 2. The Morgan fingerprint density at radius 1 is 0.843 bits per heavy atom. The van der Waals surface area contributed by atoms with Gasteiger partial charge in [-0.2, -0.15) is 13.6 Å². The van der Waals surface area contributed by atoms with Gasteiger partial charge in [-0.25, -0.2) is 28.1 Å². The standard InChI is InChI=1S/C38H52N9O20P3/c1-4-11-58-12-13-59-14-15-60-16-17-61-21-26-9-10-30(31(18-26)25(3)44-46-41)36(48)62-22-27-20-47(38(50)42-35(27)39)34-19-32(65-37(49)29-8-6-5-7-28(29)24(2)43-45-40)33(64-34)23-63-69(54,55)67-70(56,57)66-68(51,52)53/h5-10,18,20,24-25,32-34H,4,11-17,19,21-23H2,1-3H3,(H,54,55)(H,56,57)(H2,39,42,50)(H2,51,52,53)/t24?,25-,32?,33-,34-/m1/s1. The number of carbonyl (C=O) groups is 2. The summed E-state index contributed by atoms with van der Waals surface area (Å²) in [6, 6.07) is 8.85. The molecule has 70 heavy (non-hydrogen) atoms. The number of rotatable bonds is 30. The SMILES string of the molecule is CCCOCCOCCOCCOCc1ccc(C(=O)OCc2cn([C@H]3CC(OC(=O)c4ccccc4C(C)N=[N+]=[N-])[C@@H](COP(=O)(O)OP(=O)(O)OP(=O)(O)O)O3)c(=O)nc2N)c([C@@H](C)N=[N+]=[N-])c1. The zero-order valence-corrected chi connectivity index (χ0v) is 40.5. The van der Waals surface area contributed by atoms with Gasteiger partial charge in [-0.1, -0.05) is 61.3 Å². The second kappa shape index (κ2) is 27.5. The van der Waals surface area contributed by atoms with Gasteiger partial charge in [-0.3, -0.25) is 9.09 Å². The number of hydrogen-bond acceptors (Lipinski definition) is 20. The lowest BCUT2D eigenvalue weighted by Gasteiger charge is -2.22. The average molecular weight is 1050 g/mol. The van der Waals surface area contributed by atoms with Crippen LogP contribution in [0.5, 0.6) is 0 Å². The summed E-state index contributed by atoms with van der Waals surface area (Å²) in [6.07, 6.45) is -2.88. The highest BCUT2D eigenvalue weighted by atomic mass is 31.3. The number of anilines is 1. The number of nitrogens with two attached hydrogens (primary N) is 1. The Bertz CT molecular complexity index is 2570. The maximum absolute atomic E-state index is 13.6. The van der Waals surface area contributed by atoms with E-state index in [0.717, 1.165) is 17.2 Å². The van der Waals surface area contributed by atoms with E-state index >= 15 is 0 Å². The Balaban J connectivity index is 1.49. The van der Waals surface area contributed by atoms with Crippen LogP contribution in [0.2, 0.25) is 0 Å². The van der Waals surface area contributed by atoms with Crippen molar-refractivity contribution in [1.82, 2.24) is 9.55 Å². The monoisotopic (exact) mass is 1050 g/mol. The van der Waals surface area contributed by atoms with Gasteiger partial charge in [0.2, 0.25) is 0 Å². The highest BCUT2D eigenvalue weighted by molar-refractivity contribution is 7.66. The molecule has 384 valence electrons. The van der Waals surface area contributed by atoms with E-state index in [1.807, 2.05) is 6.92 Å². The summed E-state index contributed by atoms with van der Waals surface area (Å²) >= 11 is 0. The predicted octanol–water partition coefficient (Wildman–Crippen LogP) is 5.76. The van der Waals surface area contributed by atoms with E-state index < -0.39 is 91.3 Å². The van der Waals surface area contributed by atoms with Crippen LogP contribution in [0.25, 0.3) is 20.9 Å². The van der Waals surface area contributed by atoms with Crippen molar-refractivity contribution < 1.29 is 89.2 Å². The van der Waals surface area contributed by atoms with Gasteiger partial charge in [0, 0.05) is 34.6 Å². The first kappa shape index (κ1) is 57.5. The van der Waals surface area contributed by atoms with Gasteiger partial charge in [0.1, 0.15) is 30.9 Å². The van der Waals surface area contributed by atoms with Gasteiger partial charge in [-0.15, -0.1) is 0 Å². The lowest BCUT2D eigenvalue weighted by molar-refractivity contribution is -0.0512. The third-order valence-electron chi connectivity index (χ3n) is 9.59. The van der Waals surface area contributed by atoms with Crippen LogP contribution < -0.4 is 11.4 Å². The molecule has 0 bridgehead atoms. The molecule has 3 aromatic rings. The zero-order valence-electron chi connectivity index (χ0n) is 37.8. The predicted molar refractivity (Wildman–Crippen MR) is 240 cm³/mol. The number of carbonyl (C=O) groups excluding carboxylic acids is 2. The summed E-state index contributed by atoms with van der Waals surface area (Å²) in [4.78, 5) is 87.4. The first-order chi connectivity index (χ1) is 33.2. The number of nitrogen functional groups attached to an aromatic ring is 1. The Labute approximate surface area is 398 Å². The molecule has 1 aliphatic heterocycles. The number of aromatic nitrogens is 2. The van der Waals surface area contributed by atoms with Crippen molar-refractivity contribution in [3.8, 4) is 0 Å². The summed E-state index contributed by atoms with van der Waals surface area (Å²) in [5.41, 5.74) is 24.3. The number of nitrogens with zero attached hydrogens (tertiary/aromatic N) is 8. The molecule has 4 unspecified atom stereocenters. The summed E-state index contributed by atoms with van der Waals surface area (Å²) in [6.45, 7) is 6.46. The van der Waals surface area contributed by atoms with Crippen molar-refractivity contribution >= 4 is 41.2 Å². The van der Waals surface area contributed by atoms with Crippen LogP contribution in [0.1, 0.15) is 94.9 Å². The summed E-state index contributed by atoms with van der Waals surface area (Å²) in [5, 5.41) is 7.32. The van der Waals surface area contributed by atoms with Gasteiger partial charge in [0.25, 0.3) is 0 Å². The Kier molecular flexibility index (Phi) is 22.6. The van der Waals surface area contributed by atoms with Crippen LogP contribution in [0, 0.1) is 0 Å². The van der Waals surface area contributed by atoms with E-state index in [0.29, 0.717) is 50.8 Å². The molecule has 0 spiro atoms. The Hall–Kier alpha value is -5.11. The van der Waals surface area contributed by atoms with E-state index in [2.05, 4.69) is 33.7 Å². The molecule has 32 heteroatoms. The lowest BCUT2D eigenvalue weighted by Crippen LogP contribution is -2.31. The maximum Gasteiger partial charge on any atom is 0.490 e. The topological polar surface area (TPSA) is 417 Å². The third kappa shape index (κ3) is 18.6.